The van der Waals surface area contributed by atoms with E-state index >= 15 is 0 Å². The predicted octanol–water partition coefficient (Wildman–Crippen LogP) is 0.303. The van der Waals surface area contributed by atoms with Crippen molar-refractivity contribution in [2.24, 2.45) is 0 Å². The van der Waals surface area contributed by atoms with Crippen LogP contribution in [0.5, 0.6) is 0 Å². The predicted molar refractivity (Wildman–Crippen MR) is 51.4 cm³/mol. The maximum absolute atomic E-state index is 10.5. The normalized spacial score (nSPS) is 10.4. The first kappa shape index (κ1) is 10.9. The fourth-order valence-corrected chi connectivity index (χ4v) is 1.90. The molecule has 0 aromatic carbocycles. The summed E-state index contributed by atoms with van der Waals surface area (Å²) < 4.78 is 6.54. The SMILES string of the molecule is COCCn1c(CC(=O)O)csc1=N. The lowest BCUT2D eigenvalue weighted by Crippen LogP contribution is -2.20. The van der Waals surface area contributed by atoms with E-state index in [2.05, 4.69) is 0 Å². The van der Waals surface area contributed by atoms with Crippen LogP contribution in [0, 0.1) is 5.41 Å². The van der Waals surface area contributed by atoms with Crippen molar-refractivity contribution < 1.29 is 14.6 Å². The van der Waals surface area contributed by atoms with Gasteiger partial charge in [0.1, 0.15) is 0 Å². The molecule has 0 fully saturated rings. The molecule has 0 bridgehead atoms. The molecule has 0 atom stereocenters. The Morgan fingerprint density at radius 1 is 1.79 bits per heavy atom. The minimum atomic E-state index is -0.881. The van der Waals surface area contributed by atoms with Crippen LogP contribution in [-0.2, 0) is 22.5 Å². The van der Waals surface area contributed by atoms with Gasteiger partial charge >= 0.3 is 5.97 Å². The van der Waals surface area contributed by atoms with E-state index in [0.29, 0.717) is 23.6 Å². The molecule has 0 amide bonds. The van der Waals surface area contributed by atoms with Crippen molar-refractivity contribution >= 4 is 17.3 Å². The molecule has 0 saturated heterocycles. The molecule has 1 aromatic heterocycles. The molecule has 0 aliphatic carbocycles. The Labute approximate surface area is 85.1 Å². The van der Waals surface area contributed by atoms with Gasteiger partial charge in [-0.1, -0.05) is 0 Å². The Morgan fingerprint density at radius 3 is 3.07 bits per heavy atom. The Balaban J connectivity index is 2.82. The highest BCUT2D eigenvalue weighted by molar-refractivity contribution is 7.07. The molecule has 2 N–H and O–H groups in total. The molecule has 0 radical (unpaired) electrons. The third-order valence-corrected chi connectivity index (χ3v) is 2.58. The number of hydrogen-bond donors (Lipinski definition) is 2. The quantitative estimate of drug-likeness (QED) is 0.743. The van der Waals surface area contributed by atoms with Crippen molar-refractivity contribution in [3.05, 3.63) is 15.9 Å². The summed E-state index contributed by atoms with van der Waals surface area (Å²) in [6.07, 6.45) is -0.0426. The topological polar surface area (TPSA) is 75.3 Å². The molecule has 1 aromatic rings. The number of nitrogens with one attached hydrogen (secondary N) is 1. The molecule has 6 heteroatoms. The Bertz CT molecular complexity index is 369. The molecule has 5 nitrogen and oxygen atoms in total. The largest absolute Gasteiger partial charge is 0.481 e. The lowest BCUT2D eigenvalue weighted by atomic mass is 10.3. The maximum atomic E-state index is 10.5. The van der Waals surface area contributed by atoms with Crippen molar-refractivity contribution in [1.29, 1.82) is 5.41 Å². The summed E-state index contributed by atoms with van der Waals surface area (Å²) in [5.74, 6) is -0.881. The molecule has 0 saturated carbocycles. The first-order chi connectivity index (χ1) is 6.65. The average Bonchev–Trinajstić information content (AvgIpc) is 2.44. The second-order valence-corrected chi connectivity index (χ2v) is 3.61. The summed E-state index contributed by atoms with van der Waals surface area (Å²) in [7, 11) is 1.58. The van der Waals surface area contributed by atoms with Crippen LogP contribution in [0.15, 0.2) is 5.38 Å². The molecular formula is C8H12N2O3S. The standard InChI is InChI=1S/C8H12N2O3S/c1-13-3-2-10-6(4-7(11)12)5-14-8(10)9/h5,9H,2-4H2,1H3,(H,11,12). The summed E-state index contributed by atoms with van der Waals surface area (Å²) in [4.78, 5) is 10.9. The number of hydrogen-bond acceptors (Lipinski definition) is 4. The first-order valence-corrected chi connectivity index (χ1v) is 4.95. The fraction of sp³-hybridized carbons (Fsp3) is 0.500. The molecule has 0 unspecified atom stereocenters. The van der Waals surface area contributed by atoms with Crippen molar-refractivity contribution in [1.82, 2.24) is 4.57 Å². The number of aliphatic carboxylic acids is 1. The van der Waals surface area contributed by atoms with Crippen LogP contribution in [0.4, 0.5) is 0 Å². The van der Waals surface area contributed by atoms with Gasteiger partial charge in [-0.2, -0.15) is 0 Å². The van der Waals surface area contributed by atoms with Gasteiger partial charge in [-0.05, 0) is 0 Å². The number of carbonyl (C=O) groups is 1. The number of nitrogens with zero attached hydrogens (tertiary/aromatic N) is 1. The molecule has 14 heavy (non-hydrogen) atoms. The van der Waals surface area contributed by atoms with Gasteiger partial charge in [0.05, 0.1) is 13.0 Å². The molecule has 1 heterocycles. The highest BCUT2D eigenvalue weighted by Gasteiger charge is 2.07. The van der Waals surface area contributed by atoms with E-state index in [0.717, 1.165) is 0 Å². The van der Waals surface area contributed by atoms with Crippen LogP contribution in [0.3, 0.4) is 0 Å². The number of carboxylic acids is 1. The highest BCUT2D eigenvalue weighted by Crippen LogP contribution is 2.02. The summed E-state index contributed by atoms with van der Waals surface area (Å²) >= 11 is 1.23. The van der Waals surface area contributed by atoms with E-state index in [9.17, 15) is 4.79 Å². The van der Waals surface area contributed by atoms with Gasteiger partial charge in [0.25, 0.3) is 0 Å². The molecular weight excluding hydrogens is 204 g/mol. The Hall–Kier alpha value is -1.14. The monoisotopic (exact) mass is 216 g/mol. The minimum absolute atomic E-state index is 0.0426. The second kappa shape index (κ2) is 4.92. The molecule has 0 spiro atoms. The van der Waals surface area contributed by atoms with Crippen molar-refractivity contribution in [2.75, 3.05) is 13.7 Å². The molecule has 78 valence electrons. The van der Waals surface area contributed by atoms with Gasteiger partial charge in [-0.15, -0.1) is 11.3 Å². The number of rotatable bonds is 5. The third kappa shape index (κ3) is 2.68. The second-order valence-electron chi connectivity index (χ2n) is 2.75. The van der Waals surface area contributed by atoms with Gasteiger partial charge in [-0.25, -0.2) is 0 Å². The summed E-state index contributed by atoms with van der Waals surface area (Å²) in [6, 6.07) is 0. The van der Waals surface area contributed by atoms with E-state index < -0.39 is 5.97 Å². The zero-order valence-electron chi connectivity index (χ0n) is 7.82. The smallest absolute Gasteiger partial charge is 0.309 e. The number of carboxylic acid groups (broad SMARTS) is 1. The van der Waals surface area contributed by atoms with Crippen LogP contribution in [0.2, 0.25) is 0 Å². The van der Waals surface area contributed by atoms with E-state index in [1.54, 1.807) is 17.1 Å². The molecule has 0 aliphatic heterocycles. The number of thiazole rings is 1. The third-order valence-electron chi connectivity index (χ3n) is 1.75. The van der Waals surface area contributed by atoms with Crippen molar-refractivity contribution in [3.8, 4) is 0 Å². The van der Waals surface area contributed by atoms with Crippen LogP contribution in [0.25, 0.3) is 0 Å². The van der Waals surface area contributed by atoms with Crippen LogP contribution in [-0.4, -0.2) is 29.4 Å². The maximum Gasteiger partial charge on any atom is 0.309 e. The highest BCUT2D eigenvalue weighted by atomic mass is 32.1. The zero-order valence-corrected chi connectivity index (χ0v) is 8.63. The van der Waals surface area contributed by atoms with E-state index in [1.165, 1.54) is 11.3 Å². The van der Waals surface area contributed by atoms with Crippen LogP contribution in [0.1, 0.15) is 5.69 Å². The van der Waals surface area contributed by atoms with E-state index in [-0.39, 0.29) is 6.42 Å². The molecule has 1 rings (SSSR count). The van der Waals surface area contributed by atoms with Gasteiger partial charge in [0, 0.05) is 24.7 Å². The van der Waals surface area contributed by atoms with Gasteiger partial charge < -0.3 is 14.4 Å². The number of ether oxygens (including phenoxy) is 1. The minimum Gasteiger partial charge on any atom is -0.481 e. The van der Waals surface area contributed by atoms with Crippen LogP contribution >= 0.6 is 11.3 Å². The lowest BCUT2D eigenvalue weighted by molar-refractivity contribution is -0.136. The van der Waals surface area contributed by atoms with Gasteiger partial charge in [-0.3, -0.25) is 10.2 Å². The van der Waals surface area contributed by atoms with Crippen LogP contribution < -0.4 is 4.80 Å². The van der Waals surface area contributed by atoms with Gasteiger partial charge in [0.15, 0.2) is 4.80 Å². The lowest BCUT2D eigenvalue weighted by Gasteiger charge is -2.05. The molecule has 0 aliphatic rings. The summed E-state index contributed by atoms with van der Waals surface area (Å²) in [5.41, 5.74) is 0.657. The average molecular weight is 216 g/mol. The first-order valence-electron chi connectivity index (χ1n) is 4.07. The fourth-order valence-electron chi connectivity index (χ4n) is 1.10. The zero-order chi connectivity index (χ0) is 10.6. The van der Waals surface area contributed by atoms with E-state index in [4.69, 9.17) is 15.3 Å². The van der Waals surface area contributed by atoms with E-state index in [1.807, 2.05) is 0 Å². The Morgan fingerprint density at radius 2 is 2.50 bits per heavy atom. The number of aromatic nitrogens is 1. The number of methoxy groups -OCH3 is 1. The Kier molecular flexibility index (Phi) is 3.84. The summed E-state index contributed by atoms with van der Waals surface area (Å²) in [5, 5.41) is 17.9. The van der Waals surface area contributed by atoms with Crippen molar-refractivity contribution in [3.63, 3.8) is 0 Å². The van der Waals surface area contributed by atoms with Gasteiger partial charge in [0.2, 0.25) is 0 Å². The summed E-state index contributed by atoms with van der Waals surface area (Å²) in [6.45, 7) is 1.02. The van der Waals surface area contributed by atoms with Crippen molar-refractivity contribution in [2.45, 2.75) is 13.0 Å².